The van der Waals surface area contributed by atoms with E-state index < -0.39 is 5.97 Å². The van der Waals surface area contributed by atoms with Crippen molar-refractivity contribution in [1.29, 1.82) is 0 Å². The maximum atomic E-state index is 12.4. The highest BCUT2D eigenvalue weighted by molar-refractivity contribution is 5.93. The molecule has 0 radical (unpaired) electrons. The first kappa shape index (κ1) is 15.2. The summed E-state index contributed by atoms with van der Waals surface area (Å²) >= 11 is 0. The van der Waals surface area contributed by atoms with Crippen molar-refractivity contribution in [2.45, 2.75) is 26.4 Å². The summed E-state index contributed by atoms with van der Waals surface area (Å²) in [7, 11) is 1.59. The molecule has 0 aliphatic carbocycles. The zero-order valence-electron chi connectivity index (χ0n) is 11.5. The molecule has 1 aromatic heterocycles. The number of likely N-dealkylation sites (N-methyl/N-ethyl adjacent to an activating group) is 1. The molecule has 0 bridgehead atoms. The van der Waals surface area contributed by atoms with Gasteiger partial charge in [0.25, 0.3) is 5.91 Å². The fraction of sp³-hybridized carbons (Fsp3) is 0.538. The number of methoxy groups -OCH3 is 1. The zero-order valence-corrected chi connectivity index (χ0v) is 11.5. The number of carboxylic acid groups (broad SMARTS) is 1. The number of rotatable bonds is 7. The molecule has 1 atom stereocenters. The molecule has 6 nitrogen and oxygen atoms in total. The molecule has 1 amide bonds. The molecule has 0 saturated carbocycles. The number of hydrogen-bond donors (Lipinski definition) is 1. The van der Waals surface area contributed by atoms with Crippen LogP contribution in [0.25, 0.3) is 0 Å². The summed E-state index contributed by atoms with van der Waals surface area (Å²) in [5.41, 5.74) is 0.382. The number of carbonyl (C=O) groups is 2. The van der Waals surface area contributed by atoms with E-state index in [1.54, 1.807) is 30.3 Å². The molecule has 6 heteroatoms. The molecule has 19 heavy (non-hydrogen) atoms. The molecule has 1 unspecified atom stereocenters. The molecule has 0 aromatic carbocycles. The Morgan fingerprint density at radius 3 is 2.74 bits per heavy atom. The van der Waals surface area contributed by atoms with E-state index in [0.29, 0.717) is 18.8 Å². The van der Waals surface area contributed by atoms with Gasteiger partial charge in [0.2, 0.25) is 0 Å². The highest BCUT2D eigenvalue weighted by Crippen LogP contribution is 2.10. The predicted octanol–water partition coefficient (Wildman–Crippen LogP) is 1.07. The van der Waals surface area contributed by atoms with Crippen molar-refractivity contribution < 1.29 is 19.4 Å². The second-order valence-corrected chi connectivity index (χ2v) is 4.31. The lowest BCUT2D eigenvalue weighted by Gasteiger charge is -2.27. The third-order valence-electron chi connectivity index (χ3n) is 2.90. The van der Waals surface area contributed by atoms with Crippen LogP contribution in [0.5, 0.6) is 0 Å². The summed E-state index contributed by atoms with van der Waals surface area (Å²) in [6, 6.07) is 3.24. The third kappa shape index (κ3) is 3.82. The quantitative estimate of drug-likeness (QED) is 0.803. The van der Waals surface area contributed by atoms with E-state index in [-0.39, 0.29) is 18.5 Å². The Morgan fingerprint density at radius 2 is 2.21 bits per heavy atom. The molecular formula is C13H20N2O4. The Balaban J connectivity index is 2.91. The maximum absolute atomic E-state index is 12.4. The number of nitrogens with zero attached hydrogens (tertiary/aromatic N) is 2. The van der Waals surface area contributed by atoms with Crippen molar-refractivity contribution in [3.63, 3.8) is 0 Å². The van der Waals surface area contributed by atoms with E-state index in [4.69, 9.17) is 9.84 Å². The summed E-state index contributed by atoms with van der Waals surface area (Å²) in [5.74, 6) is -1.16. The average molecular weight is 268 g/mol. The third-order valence-corrected chi connectivity index (χ3v) is 2.90. The Kier molecular flexibility index (Phi) is 5.57. The van der Waals surface area contributed by atoms with Gasteiger partial charge in [-0.05, 0) is 26.0 Å². The maximum Gasteiger partial charge on any atom is 0.323 e. The highest BCUT2D eigenvalue weighted by atomic mass is 16.5. The molecule has 1 rings (SSSR count). The van der Waals surface area contributed by atoms with Crippen LogP contribution in [0.2, 0.25) is 0 Å². The van der Waals surface area contributed by atoms with Gasteiger partial charge in [0.1, 0.15) is 12.2 Å². The largest absolute Gasteiger partial charge is 0.480 e. The number of carboxylic acids is 1. The van der Waals surface area contributed by atoms with E-state index in [9.17, 15) is 9.59 Å². The van der Waals surface area contributed by atoms with Gasteiger partial charge in [0, 0.05) is 19.9 Å². The van der Waals surface area contributed by atoms with Crippen molar-refractivity contribution in [3.05, 3.63) is 24.0 Å². The smallest absolute Gasteiger partial charge is 0.323 e. The number of carbonyl (C=O) groups excluding carboxylic acids is 1. The van der Waals surface area contributed by atoms with Crippen molar-refractivity contribution in [1.82, 2.24) is 9.47 Å². The SMILES string of the molecule is CCN(C(=O)c1cccn1CC(=O)O)C(C)COC. The van der Waals surface area contributed by atoms with Gasteiger partial charge >= 0.3 is 5.97 Å². The number of hydrogen-bond acceptors (Lipinski definition) is 3. The van der Waals surface area contributed by atoms with Crippen molar-refractivity contribution in [3.8, 4) is 0 Å². The van der Waals surface area contributed by atoms with E-state index in [0.717, 1.165) is 0 Å². The Morgan fingerprint density at radius 1 is 1.53 bits per heavy atom. The first-order chi connectivity index (χ1) is 9.01. The monoisotopic (exact) mass is 268 g/mol. The lowest BCUT2D eigenvalue weighted by Crippen LogP contribution is -2.41. The van der Waals surface area contributed by atoms with Crippen molar-refractivity contribution in [2.24, 2.45) is 0 Å². The van der Waals surface area contributed by atoms with Gasteiger partial charge in [-0.1, -0.05) is 0 Å². The van der Waals surface area contributed by atoms with E-state index in [1.165, 1.54) is 4.57 Å². The van der Waals surface area contributed by atoms with Gasteiger partial charge < -0.3 is 19.3 Å². The van der Waals surface area contributed by atoms with Crippen LogP contribution in [0.1, 0.15) is 24.3 Å². The van der Waals surface area contributed by atoms with Gasteiger partial charge in [-0.3, -0.25) is 9.59 Å². The van der Waals surface area contributed by atoms with Gasteiger partial charge in [-0.15, -0.1) is 0 Å². The van der Waals surface area contributed by atoms with Crippen LogP contribution >= 0.6 is 0 Å². The summed E-state index contributed by atoms with van der Waals surface area (Å²) in [6.07, 6.45) is 1.59. The highest BCUT2D eigenvalue weighted by Gasteiger charge is 2.22. The van der Waals surface area contributed by atoms with Crippen LogP contribution in [0, 0.1) is 0 Å². The minimum absolute atomic E-state index is 0.0596. The first-order valence-electron chi connectivity index (χ1n) is 6.18. The Labute approximate surface area is 112 Å². The fourth-order valence-corrected chi connectivity index (χ4v) is 2.03. The Bertz CT molecular complexity index is 442. The van der Waals surface area contributed by atoms with Gasteiger partial charge in [-0.2, -0.15) is 0 Å². The van der Waals surface area contributed by atoms with Gasteiger partial charge in [0.05, 0.1) is 12.6 Å². The predicted molar refractivity (Wildman–Crippen MR) is 70.1 cm³/mol. The molecule has 0 aliphatic heterocycles. The molecular weight excluding hydrogens is 248 g/mol. The van der Waals surface area contributed by atoms with Crippen LogP contribution in [0.15, 0.2) is 18.3 Å². The standard InChI is InChI=1S/C13H20N2O4/c1-4-15(10(2)9-19-3)13(18)11-6-5-7-14(11)8-12(16)17/h5-7,10H,4,8-9H2,1-3H3,(H,16,17). The van der Waals surface area contributed by atoms with Crippen molar-refractivity contribution in [2.75, 3.05) is 20.3 Å². The van der Waals surface area contributed by atoms with Crippen LogP contribution < -0.4 is 0 Å². The molecule has 1 aromatic rings. The second kappa shape index (κ2) is 6.94. The lowest BCUT2D eigenvalue weighted by molar-refractivity contribution is -0.137. The average Bonchev–Trinajstić information content (AvgIpc) is 2.77. The minimum atomic E-state index is -0.974. The van der Waals surface area contributed by atoms with Crippen LogP contribution in [0.3, 0.4) is 0 Å². The minimum Gasteiger partial charge on any atom is -0.480 e. The molecule has 0 aliphatic rings. The van der Waals surface area contributed by atoms with Gasteiger partial charge in [0.15, 0.2) is 0 Å². The zero-order chi connectivity index (χ0) is 14.4. The molecule has 106 valence electrons. The van der Waals surface area contributed by atoms with E-state index in [2.05, 4.69) is 0 Å². The van der Waals surface area contributed by atoms with Crippen LogP contribution in [-0.2, 0) is 16.1 Å². The van der Waals surface area contributed by atoms with E-state index in [1.807, 2.05) is 13.8 Å². The molecule has 1 N–H and O–H groups in total. The number of aliphatic carboxylic acids is 1. The number of aromatic nitrogens is 1. The lowest BCUT2D eigenvalue weighted by atomic mass is 10.2. The Hall–Kier alpha value is -1.82. The molecule has 0 fully saturated rings. The summed E-state index contributed by atoms with van der Waals surface area (Å²) in [4.78, 5) is 24.8. The molecule has 1 heterocycles. The van der Waals surface area contributed by atoms with Crippen LogP contribution in [0.4, 0.5) is 0 Å². The normalized spacial score (nSPS) is 12.2. The van der Waals surface area contributed by atoms with E-state index >= 15 is 0 Å². The van der Waals surface area contributed by atoms with Crippen LogP contribution in [-0.4, -0.2) is 52.8 Å². The number of amides is 1. The molecule has 0 saturated heterocycles. The molecule has 0 spiro atoms. The van der Waals surface area contributed by atoms with Gasteiger partial charge in [-0.25, -0.2) is 0 Å². The summed E-state index contributed by atoms with van der Waals surface area (Å²) in [5, 5.41) is 8.81. The second-order valence-electron chi connectivity index (χ2n) is 4.31. The summed E-state index contributed by atoms with van der Waals surface area (Å²) < 4.78 is 6.49. The first-order valence-corrected chi connectivity index (χ1v) is 6.18. The van der Waals surface area contributed by atoms with Crippen molar-refractivity contribution >= 4 is 11.9 Å². The topological polar surface area (TPSA) is 71.8 Å². The fourth-order valence-electron chi connectivity index (χ4n) is 2.03. The summed E-state index contributed by atoms with van der Waals surface area (Å²) in [6.45, 7) is 4.55. The number of ether oxygens (including phenoxy) is 1.